The van der Waals surface area contributed by atoms with Crippen molar-refractivity contribution in [2.45, 2.75) is 26.7 Å². The van der Waals surface area contributed by atoms with E-state index in [2.05, 4.69) is 23.9 Å². The minimum Gasteiger partial charge on any atom is -0.435 e. The molecular formula is C13H18N4O. The Morgan fingerprint density at radius 2 is 2.11 bits per heavy atom. The van der Waals surface area contributed by atoms with Crippen LogP contribution in [0.5, 0.6) is 11.6 Å². The normalized spacial score (nSPS) is 10.9. The first-order chi connectivity index (χ1) is 8.50. The van der Waals surface area contributed by atoms with Crippen molar-refractivity contribution in [1.29, 1.82) is 0 Å². The maximum Gasteiger partial charge on any atom is 0.241 e. The summed E-state index contributed by atoms with van der Waals surface area (Å²) in [6, 6.07) is 3.70. The van der Waals surface area contributed by atoms with Gasteiger partial charge in [-0.25, -0.2) is 4.68 Å². The summed E-state index contributed by atoms with van der Waals surface area (Å²) in [5.74, 6) is 1.53. The van der Waals surface area contributed by atoms with E-state index in [1.807, 2.05) is 26.1 Å². The zero-order valence-electron chi connectivity index (χ0n) is 11.1. The van der Waals surface area contributed by atoms with Crippen LogP contribution in [0.3, 0.4) is 0 Å². The second-order valence-corrected chi connectivity index (χ2v) is 4.57. The molecule has 0 aliphatic heterocycles. The fourth-order valence-electron chi connectivity index (χ4n) is 1.77. The molecule has 2 aromatic rings. The summed E-state index contributed by atoms with van der Waals surface area (Å²) in [7, 11) is 1.82. The quantitative estimate of drug-likeness (QED) is 0.904. The number of nitrogens with two attached hydrogens (primary N) is 1. The van der Waals surface area contributed by atoms with Gasteiger partial charge in [0.15, 0.2) is 5.75 Å². The molecule has 5 heteroatoms. The molecule has 0 fully saturated rings. The van der Waals surface area contributed by atoms with Gasteiger partial charge in [0.05, 0.1) is 11.4 Å². The molecule has 96 valence electrons. The molecule has 0 bridgehead atoms. The van der Waals surface area contributed by atoms with Crippen molar-refractivity contribution in [3.8, 4) is 11.6 Å². The van der Waals surface area contributed by atoms with Crippen LogP contribution in [0.15, 0.2) is 18.3 Å². The lowest BCUT2D eigenvalue weighted by Gasteiger charge is -2.08. The van der Waals surface area contributed by atoms with Crippen LogP contribution in [-0.2, 0) is 7.05 Å². The van der Waals surface area contributed by atoms with Crippen molar-refractivity contribution in [1.82, 2.24) is 14.8 Å². The highest BCUT2D eigenvalue weighted by Gasteiger charge is 2.18. The Labute approximate surface area is 107 Å². The maximum absolute atomic E-state index is 6.07. The number of ether oxygens (including phenoxy) is 1. The molecule has 2 aromatic heterocycles. The molecule has 5 nitrogen and oxygen atoms in total. The number of nitrogens with zero attached hydrogens (tertiary/aromatic N) is 3. The van der Waals surface area contributed by atoms with Crippen LogP contribution in [0.1, 0.15) is 31.2 Å². The van der Waals surface area contributed by atoms with Gasteiger partial charge in [-0.15, -0.1) is 0 Å². The molecule has 0 atom stereocenters. The lowest BCUT2D eigenvalue weighted by atomic mass is 10.1. The van der Waals surface area contributed by atoms with Gasteiger partial charge >= 0.3 is 0 Å². The van der Waals surface area contributed by atoms with Crippen LogP contribution in [0, 0.1) is 6.92 Å². The van der Waals surface area contributed by atoms with Gasteiger partial charge in [0.25, 0.3) is 0 Å². The van der Waals surface area contributed by atoms with E-state index < -0.39 is 0 Å². The molecule has 0 aliphatic rings. The van der Waals surface area contributed by atoms with E-state index in [0.717, 1.165) is 11.4 Å². The van der Waals surface area contributed by atoms with Crippen molar-refractivity contribution < 1.29 is 4.74 Å². The van der Waals surface area contributed by atoms with Crippen LogP contribution < -0.4 is 10.5 Å². The largest absolute Gasteiger partial charge is 0.435 e. The number of nitrogen functional groups attached to an aromatic ring is 1. The van der Waals surface area contributed by atoms with Gasteiger partial charge in [0.1, 0.15) is 5.69 Å². The summed E-state index contributed by atoms with van der Waals surface area (Å²) in [6.45, 7) is 6.00. The van der Waals surface area contributed by atoms with Gasteiger partial charge in [-0.3, -0.25) is 4.98 Å². The van der Waals surface area contributed by atoms with E-state index >= 15 is 0 Å². The molecule has 2 N–H and O–H groups in total. The van der Waals surface area contributed by atoms with Crippen molar-refractivity contribution >= 4 is 5.69 Å². The van der Waals surface area contributed by atoms with Crippen LogP contribution >= 0.6 is 0 Å². The standard InChI is InChI=1S/C13H18N4O/c1-8(2)12-11(14)13(17(4)16-12)18-10-6-5-7-15-9(10)3/h5-8H,14H2,1-4H3. The van der Waals surface area contributed by atoms with Gasteiger partial charge in [-0.05, 0) is 25.0 Å². The molecule has 0 spiro atoms. The number of hydrogen-bond donors (Lipinski definition) is 1. The fraction of sp³-hybridized carbons (Fsp3) is 0.385. The van der Waals surface area contributed by atoms with Crippen molar-refractivity contribution in [2.24, 2.45) is 7.05 Å². The zero-order chi connectivity index (χ0) is 13.3. The summed E-state index contributed by atoms with van der Waals surface area (Å²) in [6.07, 6.45) is 1.73. The average molecular weight is 246 g/mol. The molecule has 0 unspecified atom stereocenters. The van der Waals surface area contributed by atoms with E-state index in [1.54, 1.807) is 10.9 Å². The highest BCUT2D eigenvalue weighted by molar-refractivity contribution is 5.55. The first-order valence-corrected chi connectivity index (χ1v) is 5.92. The molecule has 18 heavy (non-hydrogen) atoms. The molecule has 2 rings (SSSR count). The third-order valence-corrected chi connectivity index (χ3v) is 2.77. The second-order valence-electron chi connectivity index (χ2n) is 4.57. The van der Waals surface area contributed by atoms with Crippen molar-refractivity contribution in [3.05, 3.63) is 29.7 Å². The molecular weight excluding hydrogens is 228 g/mol. The number of aromatic nitrogens is 3. The van der Waals surface area contributed by atoms with E-state index in [9.17, 15) is 0 Å². The molecule has 2 heterocycles. The van der Waals surface area contributed by atoms with Crippen LogP contribution in [-0.4, -0.2) is 14.8 Å². The smallest absolute Gasteiger partial charge is 0.241 e. The predicted molar refractivity (Wildman–Crippen MR) is 70.8 cm³/mol. The highest BCUT2D eigenvalue weighted by Crippen LogP contribution is 2.33. The molecule has 0 saturated carbocycles. The molecule has 0 saturated heterocycles. The lowest BCUT2D eigenvalue weighted by molar-refractivity contribution is 0.427. The Bertz CT molecular complexity index is 560. The number of anilines is 1. The average Bonchev–Trinajstić information content (AvgIpc) is 2.60. The van der Waals surface area contributed by atoms with Gasteiger partial charge in [-0.1, -0.05) is 13.8 Å². The number of hydrogen-bond acceptors (Lipinski definition) is 4. The molecule has 0 aliphatic carbocycles. The third-order valence-electron chi connectivity index (χ3n) is 2.77. The summed E-state index contributed by atoms with van der Waals surface area (Å²) >= 11 is 0. The first-order valence-electron chi connectivity index (χ1n) is 5.92. The van der Waals surface area contributed by atoms with E-state index in [0.29, 0.717) is 17.3 Å². The van der Waals surface area contributed by atoms with Gasteiger partial charge in [-0.2, -0.15) is 5.10 Å². The Kier molecular flexibility index (Phi) is 3.23. The minimum absolute atomic E-state index is 0.267. The zero-order valence-corrected chi connectivity index (χ0v) is 11.1. The number of pyridine rings is 1. The summed E-state index contributed by atoms with van der Waals surface area (Å²) in [4.78, 5) is 4.18. The first kappa shape index (κ1) is 12.4. The monoisotopic (exact) mass is 246 g/mol. The highest BCUT2D eigenvalue weighted by atomic mass is 16.5. The van der Waals surface area contributed by atoms with E-state index in [4.69, 9.17) is 10.5 Å². The van der Waals surface area contributed by atoms with Crippen LogP contribution in [0.2, 0.25) is 0 Å². The Morgan fingerprint density at radius 3 is 2.67 bits per heavy atom. The second kappa shape index (κ2) is 4.68. The van der Waals surface area contributed by atoms with E-state index in [1.165, 1.54) is 0 Å². The molecule has 0 amide bonds. The lowest BCUT2D eigenvalue weighted by Crippen LogP contribution is -1.98. The van der Waals surface area contributed by atoms with Crippen molar-refractivity contribution in [2.75, 3.05) is 5.73 Å². The number of aryl methyl sites for hydroxylation is 2. The summed E-state index contributed by atoms with van der Waals surface area (Å²) in [5, 5.41) is 4.38. The molecule has 0 radical (unpaired) electrons. The predicted octanol–water partition coefficient (Wildman–Crippen LogP) is 2.62. The minimum atomic E-state index is 0.267. The summed E-state index contributed by atoms with van der Waals surface area (Å²) in [5.41, 5.74) is 8.35. The third kappa shape index (κ3) is 2.16. The van der Waals surface area contributed by atoms with Crippen LogP contribution in [0.25, 0.3) is 0 Å². The van der Waals surface area contributed by atoms with Gasteiger partial charge in [0, 0.05) is 13.2 Å². The summed E-state index contributed by atoms with van der Waals surface area (Å²) < 4.78 is 7.48. The Hall–Kier alpha value is -2.04. The van der Waals surface area contributed by atoms with E-state index in [-0.39, 0.29) is 5.92 Å². The molecule has 0 aromatic carbocycles. The topological polar surface area (TPSA) is 66.0 Å². The van der Waals surface area contributed by atoms with Crippen LogP contribution in [0.4, 0.5) is 5.69 Å². The maximum atomic E-state index is 6.07. The van der Waals surface area contributed by atoms with Gasteiger partial charge in [0.2, 0.25) is 5.88 Å². The Balaban J connectivity index is 2.38. The number of rotatable bonds is 3. The van der Waals surface area contributed by atoms with Gasteiger partial charge < -0.3 is 10.5 Å². The van der Waals surface area contributed by atoms with Crippen molar-refractivity contribution in [3.63, 3.8) is 0 Å². The Morgan fingerprint density at radius 1 is 1.39 bits per heavy atom. The SMILES string of the molecule is Cc1ncccc1Oc1c(N)c(C(C)C)nn1C. The fourth-order valence-corrected chi connectivity index (χ4v) is 1.77.